The molecular formula is C45H27N3O2. The number of furan rings is 2. The van der Waals surface area contributed by atoms with Crippen molar-refractivity contribution < 1.29 is 8.83 Å². The van der Waals surface area contributed by atoms with Crippen LogP contribution in [0.25, 0.3) is 100 Å². The maximum atomic E-state index is 6.41. The van der Waals surface area contributed by atoms with Crippen molar-refractivity contribution in [2.24, 2.45) is 0 Å². The van der Waals surface area contributed by atoms with Crippen LogP contribution in [0.15, 0.2) is 173 Å². The molecule has 50 heavy (non-hydrogen) atoms. The van der Waals surface area contributed by atoms with Crippen LogP contribution in [0, 0.1) is 0 Å². The second-order valence-corrected chi connectivity index (χ2v) is 12.4. The first-order valence-electron chi connectivity index (χ1n) is 16.6. The number of hydrogen-bond acceptors (Lipinski definition) is 5. The monoisotopic (exact) mass is 641 g/mol. The van der Waals surface area contributed by atoms with Gasteiger partial charge >= 0.3 is 0 Å². The van der Waals surface area contributed by atoms with Gasteiger partial charge in [0.2, 0.25) is 0 Å². The molecule has 0 radical (unpaired) electrons. The third-order valence-electron chi connectivity index (χ3n) is 9.36. The molecule has 10 rings (SSSR count). The molecule has 0 N–H and O–H groups in total. The largest absolute Gasteiger partial charge is 0.456 e. The molecular weight excluding hydrogens is 615 g/mol. The summed E-state index contributed by atoms with van der Waals surface area (Å²) >= 11 is 0. The van der Waals surface area contributed by atoms with E-state index in [1.807, 2.05) is 78.9 Å². The highest BCUT2D eigenvalue weighted by Gasteiger charge is 2.20. The molecule has 0 bridgehead atoms. The smallest absolute Gasteiger partial charge is 0.164 e. The van der Waals surface area contributed by atoms with Gasteiger partial charge in [0.25, 0.3) is 0 Å². The van der Waals surface area contributed by atoms with Crippen molar-refractivity contribution in [2.75, 3.05) is 0 Å². The molecule has 0 aliphatic rings. The van der Waals surface area contributed by atoms with E-state index in [2.05, 4.69) is 84.9 Å². The number of fused-ring (bicyclic) bond motifs is 6. The lowest BCUT2D eigenvalue weighted by atomic mass is 9.95. The first kappa shape index (κ1) is 28.2. The summed E-state index contributed by atoms with van der Waals surface area (Å²) in [5, 5.41) is 4.17. The minimum Gasteiger partial charge on any atom is -0.456 e. The maximum absolute atomic E-state index is 6.41. The van der Waals surface area contributed by atoms with E-state index >= 15 is 0 Å². The van der Waals surface area contributed by atoms with Crippen LogP contribution in [0.2, 0.25) is 0 Å². The number of benzene rings is 7. The van der Waals surface area contributed by atoms with Crippen LogP contribution in [0.3, 0.4) is 0 Å². The zero-order valence-electron chi connectivity index (χ0n) is 26.7. The summed E-state index contributed by atoms with van der Waals surface area (Å²) in [6.45, 7) is 0. The maximum Gasteiger partial charge on any atom is 0.164 e. The Bertz CT molecular complexity index is 2850. The average molecular weight is 642 g/mol. The van der Waals surface area contributed by atoms with Gasteiger partial charge in [-0.3, -0.25) is 0 Å². The SMILES string of the molecule is c1ccc(-c2ccc(-c3nc(-c4ccccc4)nc(-c4cc5c(cc4-c4ccc6oc7ccccc7c6c4)oc4ccccc45)n3)cc2)cc1. The van der Waals surface area contributed by atoms with Crippen LogP contribution in [-0.2, 0) is 0 Å². The van der Waals surface area contributed by atoms with Crippen molar-refractivity contribution in [1.82, 2.24) is 15.0 Å². The van der Waals surface area contributed by atoms with Gasteiger partial charge in [-0.2, -0.15) is 0 Å². The lowest BCUT2D eigenvalue weighted by Gasteiger charge is -2.13. The Kier molecular flexibility index (Phi) is 6.42. The predicted octanol–water partition coefficient (Wildman–Crippen LogP) is 12.0. The van der Waals surface area contributed by atoms with Crippen molar-refractivity contribution in [2.45, 2.75) is 0 Å². The average Bonchev–Trinajstić information content (AvgIpc) is 3.75. The van der Waals surface area contributed by atoms with Gasteiger partial charge in [-0.15, -0.1) is 0 Å². The van der Waals surface area contributed by atoms with Gasteiger partial charge in [0.1, 0.15) is 22.3 Å². The Morgan fingerprint density at radius 2 is 0.740 bits per heavy atom. The Morgan fingerprint density at radius 3 is 1.42 bits per heavy atom. The van der Waals surface area contributed by atoms with Gasteiger partial charge in [-0.05, 0) is 58.7 Å². The first-order chi connectivity index (χ1) is 24.7. The fourth-order valence-electron chi connectivity index (χ4n) is 6.87. The highest BCUT2D eigenvalue weighted by Crippen LogP contribution is 2.41. The van der Waals surface area contributed by atoms with E-state index < -0.39 is 0 Å². The van der Waals surface area contributed by atoms with E-state index in [-0.39, 0.29) is 0 Å². The molecule has 0 fully saturated rings. The number of aromatic nitrogens is 3. The van der Waals surface area contributed by atoms with Gasteiger partial charge in [-0.25, -0.2) is 15.0 Å². The molecule has 7 aromatic carbocycles. The zero-order chi connectivity index (χ0) is 33.0. The molecule has 0 spiro atoms. The summed E-state index contributed by atoms with van der Waals surface area (Å²) in [6.07, 6.45) is 0. The summed E-state index contributed by atoms with van der Waals surface area (Å²) in [6, 6.07) is 55.8. The molecule has 0 aliphatic carbocycles. The number of hydrogen-bond donors (Lipinski definition) is 0. The second-order valence-electron chi connectivity index (χ2n) is 12.4. The molecule has 3 aromatic heterocycles. The van der Waals surface area contributed by atoms with E-state index in [0.717, 1.165) is 82.8 Å². The van der Waals surface area contributed by atoms with Gasteiger partial charge in [0.15, 0.2) is 17.5 Å². The Hall–Kier alpha value is -6.85. The Labute approximate surface area is 287 Å². The van der Waals surface area contributed by atoms with Crippen LogP contribution in [0.4, 0.5) is 0 Å². The molecule has 0 saturated heterocycles. The number of nitrogens with zero attached hydrogens (tertiary/aromatic N) is 3. The van der Waals surface area contributed by atoms with Gasteiger partial charge < -0.3 is 8.83 Å². The normalized spacial score (nSPS) is 11.6. The molecule has 0 aliphatic heterocycles. The lowest BCUT2D eigenvalue weighted by Crippen LogP contribution is -2.01. The molecule has 0 unspecified atom stereocenters. The van der Waals surface area contributed by atoms with E-state index in [1.54, 1.807) is 0 Å². The molecule has 234 valence electrons. The Morgan fingerprint density at radius 1 is 0.280 bits per heavy atom. The van der Waals surface area contributed by atoms with Crippen molar-refractivity contribution in [3.8, 4) is 56.4 Å². The van der Waals surface area contributed by atoms with Crippen molar-refractivity contribution in [1.29, 1.82) is 0 Å². The molecule has 5 heteroatoms. The van der Waals surface area contributed by atoms with Gasteiger partial charge in [-0.1, -0.05) is 127 Å². The number of para-hydroxylation sites is 2. The predicted molar refractivity (Wildman–Crippen MR) is 202 cm³/mol. The molecule has 5 nitrogen and oxygen atoms in total. The lowest BCUT2D eigenvalue weighted by molar-refractivity contribution is 0.669. The van der Waals surface area contributed by atoms with Gasteiger partial charge in [0, 0.05) is 38.2 Å². The first-order valence-corrected chi connectivity index (χ1v) is 16.6. The van der Waals surface area contributed by atoms with Crippen LogP contribution in [0.1, 0.15) is 0 Å². The van der Waals surface area contributed by atoms with Crippen LogP contribution in [0.5, 0.6) is 0 Å². The van der Waals surface area contributed by atoms with Crippen molar-refractivity contribution in [3.05, 3.63) is 164 Å². The van der Waals surface area contributed by atoms with Gasteiger partial charge in [0.05, 0.1) is 0 Å². The highest BCUT2D eigenvalue weighted by atomic mass is 16.3. The quantitative estimate of drug-likeness (QED) is 0.187. The summed E-state index contributed by atoms with van der Waals surface area (Å²) in [5.41, 5.74) is 10.3. The van der Waals surface area contributed by atoms with Crippen LogP contribution in [-0.4, -0.2) is 15.0 Å². The van der Waals surface area contributed by atoms with E-state index in [0.29, 0.717) is 17.5 Å². The minimum atomic E-state index is 0.584. The molecule has 0 saturated carbocycles. The molecule has 3 heterocycles. The van der Waals surface area contributed by atoms with Crippen LogP contribution < -0.4 is 0 Å². The molecule has 0 amide bonds. The fourth-order valence-corrected chi connectivity index (χ4v) is 6.87. The third kappa shape index (κ3) is 4.75. The topological polar surface area (TPSA) is 65.0 Å². The fraction of sp³-hybridized carbons (Fsp3) is 0. The van der Waals surface area contributed by atoms with E-state index in [4.69, 9.17) is 23.8 Å². The zero-order valence-corrected chi connectivity index (χ0v) is 26.7. The standard InChI is InChI=1S/C45H27N3O2/c1-3-11-28(12-4-1)29-19-21-31(22-20-29)44-46-43(30-13-5-2-6-14-30)47-45(48-44)38-26-37-34-16-8-10-18-40(34)50-42(37)27-35(38)32-23-24-41-36(25-32)33-15-7-9-17-39(33)49-41/h1-27H. The third-order valence-corrected chi connectivity index (χ3v) is 9.36. The number of rotatable bonds is 5. The summed E-state index contributed by atoms with van der Waals surface area (Å²) in [4.78, 5) is 15.4. The van der Waals surface area contributed by atoms with E-state index in [1.165, 1.54) is 0 Å². The minimum absolute atomic E-state index is 0.584. The highest BCUT2D eigenvalue weighted by molar-refractivity contribution is 6.10. The molecule has 0 atom stereocenters. The van der Waals surface area contributed by atoms with E-state index in [9.17, 15) is 0 Å². The Balaban J connectivity index is 1.22. The van der Waals surface area contributed by atoms with Crippen LogP contribution >= 0.6 is 0 Å². The van der Waals surface area contributed by atoms with Crippen molar-refractivity contribution in [3.63, 3.8) is 0 Å². The second kappa shape index (κ2) is 11.4. The summed E-state index contributed by atoms with van der Waals surface area (Å²) < 4.78 is 12.6. The summed E-state index contributed by atoms with van der Waals surface area (Å²) in [7, 11) is 0. The van der Waals surface area contributed by atoms with Crippen molar-refractivity contribution >= 4 is 43.9 Å². The molecule has 10 aromatic rings. The summed E-state index contributed by atoms with van der Waals surface area (Å²) in [5.74, 6) is 1.80.